The van der Waals surface area contributed by atoms with Crippen molar-refractivity contribution in [2.75, 3.05) is 18.5 Å². The highest BCUT2D eigenvalue weighted by molar-refractivity contribution is 7.18. The minimum absolute atomic E-state index is 0.123. The van der Waals surface area contributed by atoms with E-state index in [0.717, 1.165) is 17.0 Å². The SMILES string of the molecule is CC(CNC(=O)CC(O)(c1nc2ccccc2s1)C(F)(F)F)N(C)c1ccccc1. The minimum Gasteiger partial charge on any atom is -0.374 e. The first-order valence-electron chi connectivity index (χ1n) is 9.31. The number of alkyl halides is 3. The third kappa shape index (κ3) is 4.57. The number of para-hydroxylation sites is 2. The molecule has 3 aromatic rings. The molecule has 1 aromatic heterocycles. The van der Waals surface area contributed by atoms with Crippen LogP contribution in [-0.2, 0) is 10.4 Å². The molecule has 2 atom stereocenters. The Morgan fingerprint density at radius 2 is 1.80 bits per heavy atom. The topological polar surface area (TPSA) is 65.5 Å². The molecule has 0 aliphatic heterocycles. The smallest absolute Gasteiger partial charge is 0.374 e. The van der Waals surface area contributed by atoms with Crippen molar-refractivity contribution in [1.29, 1.82) is 0 Å². The summed E-state index contributed by atoms with van der Waals surface area (Å²) in [5.41, 5.74) is -2.09. The molecule has 0 fully saturated rings. The van der Waals surface area contributed by atoms with E-state index in [1.54, 1.807) is 24.3 Å². The molecular formula is C21H22F3N3O2S. The van der Waals surface area contributed by atoms with Crippen LogP contribution in [0.15, 0.2) is 54.6 Å². The fourth-order valence-corrected chi connectivity index (χ4v) is 4.03. The lowest BCUT2D eigenvalue weighted by Gasteiger charge is -2.29. The predicted octanol–water partition coefficient (Wildman–Crippen LogP) is 4.08. The van der Waals surface area contributed by atoms with Crippen molar-refractivity contribution in [2.24, 2.45) is 0 Å². The number of halogens is 3. The first kappa shape index (κ1) is 22.0. The van der Waals surface area contributed by atoms with Gasteiger partial charge in [0.05, 0.1) is 16.6 Å². The Hall–Kier alpha value is -2.65. The van der Waals surface area contributed by atoms with E-state index >= 15 is 0 Å². The Morgan fingerprint density at radius 1 is 1.17 bits per heavy atom. The first-order valence-corrected chi connectivity index (χ1v) is 10.1. The van der Waals surface area contributed by atoms with Gasteiger partial charge in [0.15, 0.2) is 0 Å². The Kier molecular flexibility index (Phi) is 6.33. The van der Waals surface area contributed by atoms with Crippen molar-refractivity contribution < 1.29 is 23.1 Å². The third-order valence-corrected chi connectivity index (χ3v) is 6.14. The monoisotopic (exact) mass is 437 g/mol. The number of amides is 1. The Bertz CT molecular complexity index is 976. The number of likely N-dealkylation sites (N-methyl/N-ethyl adjacent to an activating group) is 1. The van der Waals surface area contributed by atoms with Crippen molar-refractivity contribution in [3.63, 3.8) is 0 Å². The highest BCUT2D eigenvalue weighted by atomic mass is 32.1. The lowest BCUT2D eigenvalue weighted by atomic mass is 9.99. The largest absolute Gasteiger partial charge is 0.424 e. The van der Waals surface area contributed by atoms with Gasteiger partial charge in [-0.25, -0.2) is 4.98 Å². The van der Waals surface area contributed by atoms with Crippen molar-refractivity contribution in [3.8, 4) is 0 Å². The molecule has 3 rings (SSSR count). The number of carbonyl (C=O) groups excluding carboxylic acids is 1. The molecule has 0 spiro atoms. The zero-order valence-corrected chi connectivity index (χ0v) is 17.3. The van der Waals surface area contributed by atoms with Crippen molar-refractivity contribution >= 4 is 33.1 Å². The second-order valence-electron chi connectivity index (χ2n) is 7.12. The molecule has 9 heteroatoms. The third-order valence-electron chi connectivity index (χ3n) is 4.95. The molecule has 30 heavy (non-hydrogen) atoms. The van der Waals surface area contributed by atoms with Gasteiger partial charge in [0.1, 0.15) is 5.01 Å². The van der Waals surface area contributed by atoms with Gasteiger partial charge in [-0.1, -0.05) is 30.3 Å². The summed E-state index contributed by atoms with van der Waals surface area (Å²) in [6, 6.07) is 15.8. The maximum absolute atomic E-state index is 13.8. The Balaban J connectivity index is 1.71. The molecule has 0 saturated heterocycles. The van der Waals surface area contributed by atoms with E-state index in [9.17, 15) is 23.1 Å². The Labute approximate surface area is 176 Å². The predicted molar refractivity (Wildman–Crippen MR) is 112 cm³/mol. The number of hydrogen-bond acceptors (Lipinski definition) is 5. The van der Waals surface area contributed by atoms with Crippen molar-refractivity contribution in [2.45, 2.75) is 31.2 Å². The van der Waals surface area contributed by atoms with Gasteiger partial charge in [0, 0.05) is 25.3 Å². The van der Waals surface area contributed by atoms with Crippen LogP contribution in [0.4, 0.5) is 18.9 Å². The van der Waals surface area contributed by atoms with E-state index in [0.29, 0.717) is 10.2 Å². The molecular weight excluding hydrogens is 415 g/mol. The molecule has 0 aliphatic carbocycles. The lowest BCUT2D eigenvalue weighted by Crippen LogP contribution is -2.48. The summed E-state index contributed by atoms with van der Waals surface area (Å²) < 4.78 is 41.8. The van der Waals surface area contributed by atoms with Gasteiger partial charge in [0.25, 0.3) is 0 Å². The normalized spacial score (nSPS) is 14.9. The highest BCUT2D eigenvalue weighted by Crippen LogP contribution is 2.44. The van der Waals surface area contributed by atoms with Crippen LogP contribution < -0.4 is 10.2 Å². The fraction of sp³-hybridized carbons (Fsp3) is 0.333. The van der Waals surface area contributed by atoms with Crippen LogP contribution in [0.2, 0.25) is 0 Å². The molecule has 2 unspecified atom stereocenters. The van der Waals surface area contributed by atoms with Crippen LogP contribution in [-0.4, -0.2) is 41.8 Å². The molecule has 1 amide bonds. The maximum Gasteiger partial charge on any atom is 0.424 e. The van der Waals surface area contributed by atoms with Gasteiger partial charge in [0.2, 0.25) is 11.5 Å². The van der Waals surface area contributed by atoms with Crippen molar-refractivity contribution in [1.82, 2.24) is 10.3 Å². The van der Waals surface area contributed by atoms with E-state index < -0.39 is 29.1 Å². The van der Waals surface area contributed by atoms with Gasteiger partial charge in [-0.3, -0.25) is 4.79 Å². The highest BCUT2D eigenvalue weighted by Gasteiger charge is 2.58. The summed E-state index contributed by atoms with van der Waals surface area (Å²) in [6.07, 6.45) is -6.21. The van der Waals surface area contributed by atoms with Crippen LogP contribution in [0.25, 0.3) is 10.2 Å². The first-order chi connectivity index (χ1) is 14.1. The Morgan fingerprint density at radius 3 is 2.43 bits per heavy atom. The van der Waals surface area contributed by atoms with Gasteiger partial charge < -0.3 is 15.3 Å². The number of anilines is 1. The number of nitrogens with one attached hydrogen (secondary N) is 1. The molecule has 1 heterocycles. The standard InChI is InChI=1S/C21H22F3N3O2S/c1-14(27(2)15-8-4-3-5-9-15)13-25-18(28)12-20(29,21(22,23)24)19-26-16-10-6-7-11-17(16)30-19/h3-11,14,29H,12-13H2,1-2H3,(H,25,28). The number of aromatic nitrogens is 1. The van der Waals surface area contributed by atoms with Crippen LogP contribution in [0, 0.1) is 0 Å². The average molecular weight is 437 g/mol. The molecule has 2 aromatic carbocycles. The summed E-state index contributed by atoms with van der Waals surface area (Å²) in [7, 11) is 1.83. The number of nitrogens with zero attached hydrogens (tertiary/aromatic N) is 2. The number of fused-ring (bicyclic) bond motifs is 1. The number of hydrogen-bond donors (Lipinski definition) is 2. The molecule has 0 radical (unpaired) electrons. The van der Waals surface area contributed by atoms with Gasteiger partial charge in [-0.2, -0.15) is 13.2 Å². The summed E-state index contributed by atoms with van der Waals surface area (Å²) in [4.78, 5) is 18.2. The number of benzene rings is 2. The summed E-state index contributed by atoms with van der Waals surface area (Å²) >= 11 is 0.730. The molecule has 2 N–H and O–H groups in total. The van der Waals surface area contributed by atoms with Crippen LogP contribution in [0.1, 0.15) is 18.4 Å². The second-order valence-corrected chi connectivity index (χ2v) is 8.15. The summed E-state index contributed by atoms with van der Waals surface area (Å²) in [5, 5.41) is 12.5. The molecule has 0 saturated carbocycles. The molecule has 160 valence electrons. The van der Waals surface area contributed by atoms with Gasteiger partial charge in [-0.05, 0) is 31.2 Å². The number of rotatable bonds is 7. The zero-order valence-electron chi connectivity index (χ0n) is 16.5. The van der Waals surface area contributed by atoms with Gasteiger partial charge >= 0.3 is 6.18 Å². The number of aliphatic hydroxyl groups is 1. The van der Waals surface area contributed by atoms with Crippen LogP contribution >= 0.6 is 11.3 Å². The van der Waals surface area contributed by atoms with E-state index in [4.69, 9.17) is 0 Å². The molecule has 0 bridgehead atoms. The van der Waals surface area contributed by atoms with Crippen LogP contribution in [0.5, 0.6) is 0 Å². The maximum atomic E-state index is 13.8. The van der Waals surface area contributed by atoms with E-state index in [1.165, 1.54) is 0 Å². The average Bonchev–Trinajstić information content (AvgIpc) is 3.16. The van der Waals surface area contributed by atoms with Crippen LogP contribution in [0.3, 0.4) is 0 Å². The zero-order chi connectivity index (χ0) is 21.9. The van der Waals surface area contributed by atoms with Crippen molar-refractivity contribution in [3.05, 3.63) is 59.6 Å². The van der Waals surface area contributed by atoms with E-state index in [2.05, 4.69) is 10.3 Å². The quantitative estimate of drug-likeness (QED) is 0.585. The summed E-state index contributed by atoms with van der Waals surface area (Å²) in [6.45, 7) is 1.97. The van der Waals surface area contributed by atoms with E-state index in [-0.39, 0.29) is 12.6 Å². The second kappa shape index (κ2) is 8.61. The van der Waals surface area contributed by atoms with Gasteiger partial charge in [-0.15, -0.1) is 11.3 Å². The minimum atomic E-state index is -5.05. The van der Waals surface area contributed by atoms with E-state index in [1.807, 2.05) is 49.2 Å². The fourth-order valence-electron chi connectivity index (χ4n) is 2.96. The molecule has 0 aliphatic rings. The number of thiazole rings is 1. The summed E-state index contributed by atoms with van der Waals surface area (Å²) in [5.74, 6) is -0.901. The molecule has 5 nitrogen and oxygen atoms in total. The number of carbonyl (C=O) groups is 1. The lowest BCUT2D eigenvalue weighted by molar-refractivity contribution is -0.267.